The van der Waals surface area contributed by atoms with Gasteiger partial charge in [0.05, 0.1) is 6.61 Å². The lowest BCUT2D eigenvalue weighted by Crippen LogP contribution is -2.10. The van der Waals surface area contributed by atoms with Crippen LogP contribution in [0, 0.1) is 6.92 Å². The van der Waals surface area contributed by atoms with Gasteiger partial charge in [0.15, 0.2) is 0 Å². The maximum atomic E-state index is 5.55. The molecule has 0 radical (unpaired) electrons. The number of imidazole rings is 1. The SMILES string of the molecule is CCCOc1ccc(NCCn2ccnc2C)cc1. The molecular formula is C15H21N3O. The van der Waals surface area contributed by atoms with Crippen molar-refractivity contribution in [3.8, 4) is 5.75 Å². The second kappa shape index (κ2) is 6.83. The molecular weight excluding hydrogens is 238 g/mol. The third-order valence-electron chi connectivity index (χ3n) is 2.93. The summed E-state index contributed by atoms with van der Waals surface area (Å²) in [6.45, 7) is 6.69. The molecule has 4 heteroatoms. The molecule has 1 aromatic heterocycles. The van der Waals surface area contributed by atoms with E-state index in [1.165, 1.54) is 0 Å². The molecule has 4 nitrogen and oxygen atoms in total. The quantitative estimate of drug-likeness (QED) is 0.830. The molecule has 102 valence electrons. The van der Waals surface area contributed by atoms with Gasteiger partial charge in [-0.15, -0.1) is 0 Å². The van der Waals surface area contributed by atoms with Crippen LogP contribution in [0.25, 0.3) is 0 Å². The fourth-order valence-electron chi connectivity index (χ4n) is 1.85. The summed E-state index contributed by atoms with van der Waals surface area (Å²) >= 11 is 0. The number of nitrogens with one attached hydrogen (secondary N) is 1. The van der Waals surface area contributed by atoms with Gasteiger partial charge in [-0.05, 0) is 37.6 Å². The summed E-state index contributed by atoms with van der Waals surface area (Å²) in [6.07, 6.45) is 4.86. The second-order valence-corrected chi connectivity index (χ2v) is 4.47. The van der Waals surface area contributed by atoms with Crippen LogP contribution in [-0.2, 0) is 6.54 Å². The number of aromatic nitrogens is 2. The zero-order valence-corrected chi connectivity index (χ0v) is 11.6. The molecule has 0 atom stereocenters. The van der Waals surface area contributed by atoms with E-state index < -0.39 is 0 Å². The van der Waals surface area contributed by atoms with Crippen LogP contribution in [-0.4, -0.2) is 22.7 Å². The molecule has 1 N–H and O–H groups in total. The van der Waals surface area contributed by atoms with Crippen molar-refractivity contribution < 1.29 is 4.74 Å². The van der Waals surface area contributed by atoms with Crippen molar-refractivity contribution in [2.75, 3.05) is 18.5 Å². The Morgan fingerprint density at radius 2 is 2.05 bits per heavy atom. The van der Waals surface area contributed by atoms with E-state index in [2.05, 4.69) is 21.8 Å². The van der Waals surface area contributed by atoms with Crippen molar-refractivity contribution in [1.82, 2.24) is 9.55 Å². The number of rotatable bonds is 7. The Morgan fingerprint density at radius 1 is 1.26 bits per heavy atom. The van der Waals surface area contributed by atoms with Crippen LogP contribution in [0.2, 0.25) is 0 Å². The summed E-state index contributed by atoms with van der Waals surface area (Å²) in [6, 6.07) is 8.10. The van der Waals surface area contributed by atoms with E-state index in [0.29, 0.717) is 0 Å². The second-order valence-electron chi connectivity index (χ2n) is 4.47. The maximum Gasteiger partial charge on any atom is 0.119 e. The van der Waals surface area contributed by atoms with Gasteiger partial charge < -0.3 is 14.6 Å². The monoisotopic (exact) mass is 259 g/mol. The number of nitrogens with zero attached hydrogens (tertiary/aromatic N) is 2. The van der Waals surface area contributed by atoms with Crippen LogP contribution in [0.3, 0.4) is 0 Å². The fraction of sp³-hybridized carbons (Fsp3) is 0.400. The van der Waals surface area contributed by atoms with Gasteiger partial charge in [0.25, 0.3) is 0 Å². The Kier molecular flexibility index (Phi) is 4.84. The highest BCUT2D eigenvalue weighted by Gasteiger charge is 1.97. The molecule has 2 aromatic rings. The van der Waals surface area contributed by atoms with Crippen LogP contribution in [0.1, 0.15) is 19.2 Å². The van der Waals surface area contributed by atoms with Gasteiger partial charge in [-0.25, -0.2) is 4.98 Å². The molecule has 0 aliphatic rings. The Bertz CT molecular complexity index is 490. The van der Waals surface area contributed by atoms with Crippen molar-refractivity contribution in [2.24, 2.45) is 0 Å². The van der Waals surface area contributed by atoms with E-state index in [1.807, 2.05) is 43.6 Å². The van der Waals surface area contributed by atoms with Gasteiger partial charge in [0.2, 0.25) is 0 Å². The van der Waals surface area contributed by atoms with E-state index in [4.69, 9.17) is 4.74 Å². The van der Waals surface area contributed by atoms with Gasteiger partial charge in [-0.2, -0.15) is 0 Å². The summed E-state index contributed by atoms with van der Waals surface area (Å²) < 4.78 is 7.68. The number of ether oxygens (including phenoxy) is 1. The van der Waals surface area contributed by atoms with Crippen LogP contribution < -0.4 is 10.1 Å². The summed E-state index contributed by atoms with van der Waals surface area (Å²) in [7, 11) is 0. The highest BCUT2D eigenvalue weighted by Crippen LogP contribution is 2.15. The molecule has 0 amide bonds. The lowest BCUT2D eigenvalue weighted by Gasteiger charge is -2.09. The van der Waals surface area contributed by atoms with Crippen molar-refractivity contribution >= 4 is 5.69 Å². The van der Waals surface area contributed by atoms with Gasteiger partial charge in [0, 0.05) is 31.2 Å². The van der Waals surface area contributed by atoms with Gasteiger partial charge in [-0.3, -0.25) is 0 Å². The number of benzene rings is 1. The Labute approximate surface area is 114 Å². The van der Waals surface area contributed by atoms with E-state index in [9.17, 15) is 0 Å². The van der Waals surface area contributed by atoms with Crippen molar-refractivity contribution in [1.29, 1.82) is 0 Å². The summed E-state index contributed by atoms with van der Waals surface area (Å²) in [5.41, 5.74) is 1.11. The summed E-state index contributed by atoms with van der Waals surface area (Å²) in [5, 5.41) is 3.39. The molecule has 2 rings (SSSR count). The molecule has 0 spiro atoms. The standard InChI is InChI=1S/C15H21N3O/c1-3-12-19-15-6-4-14(5-7-15)17-9-11-18-10-8-16-13(18)2/h4-8,10,17H,3,9,11-12H2,1-2H3. The van der Waals surface area contributed by atoms with Crippen LogP contribution >= 0.6 is 0 Å². The minimum atomic E-state index is 0.771. The molecule has 0 saturated carbocycles. The zero-order chi connectivity index (χ0) is 13.5. The molecule has 0 fully saturated rings. The van der Waals surface area contributed by atoms with E-state index in [0.717, 1.165) is 43.4 Å². The van der Waals surface area contributed by atoms with Gasteiger partial charge in [-0.1, -0.05) is 6.92 Å². The Morgan fingerprint density at radius 3 is 2.68 bits per heavy atom. The predicted molar refractivity (Wildman–Crippen MR) is 77.7 cm³/mol. The van der Waals surface area contributed by atoms with Crippen molar-refractivity contribution in [2.45, 2.75) is 26.8 Å². The molecule has 1 heterocycles. The molecule has 0 saturated heterocycles. The number of aryl methyl sites for hydroxylation is 1. The molecule has 0 unspecified atom stereocenters. The van der Waals surface area contributed by atoms with E-state index in [-0.39, 0.29) is 0 Å². The largest absolute Gasteiger partial charge is 0.494 e. The van der Waals surface area contributed by atoms with E-state index >= 15 is 0 Å². The number of hydrogen-bond acceptors (Lipinski definition) is 3. The third kappa shape index (κ3) is 4.02. The smallest absolute Gasteiger partial charge is 0.119 e. The average Bonchev–Trinajstić information content (AvgIpc) is 2.84. The maximum absolute atomic E-state index is 5.55. The Hall–Kier alpha value is -1.97. The van der Waals surface area contributed by atoms with Crippen LogP contribution in [0.5, 0.6) is 5.75 Å². The third-order valence-corrected chi connectivity index (χ3v) is 2.93. The fourth-order valence-corrected chi connectivity index (χ4v) is 1.85. The molecule has 0 aliphatic carbocycles. The normalized spacial score (nSPS) is 10.4. The molecule has 1 aromatic carbocycles. The molecule has 0 aliphatic heterocycles. The van der Waals surface area contributed by atoms with Crippen LogP contribution in [0.15, 0.2) is 36.7 Å². The first-order valence-corrected chi connectivity index (χ1v) is 6.74. The highest BCUT2D eigenvalue weighted by molar-refractivity contribution is 5.46. The lowest BCUT2D eigenvalue weighted by molar-refractivity contribution is 0.317. The first-order chi connectivity index (χ1) is 9.29. The van der Waals surface area contributed by atoms with E-state index in [1.54, 1.807) is 0 Å². The zero-order valence-electron chi connectivity index (χ0n) is 11.6. The Balaban J connectivity index is 1.78. The van der Waals surface area contributed by atoms with Crippen molar-refractivity contribution in [3.63, 3.8) is 0 Å². The van der Waals surface area contributed by atoms with Crippen LogP contribution in [0.4, 0.5) is 5.69 Å². The first-order valence-electron chi connectivity index (χ1n) is 6.74. The van der Waals surface area contributed by atoms with Crippen molar-refractivity contribution in [3.05, 3.63) is 42.5 Å². The number of hydrogen-bond donors (Lipinski definition) is 1. The highest BCUT2D eigenvalue weighted by atomic mass is 16.5. The average molecular weight is 259 g/mol. The van der Waals surface area contributed by atoms with Gasteiger partial charge in [0.1, 0.15) is 11.6 Å². The molecule has 19 heavy (non-hydrogen) atoms. The predicted octanol–water partition coefficient (Wildman–Crippen LogP) is 3.09. The summed E-state index contributed by atoms with van der Waals surface area (Å²) in [4.78, 5) is 4.20. The molecule has 0 bridgehead atoms. The summed E-state index contributed by atoms with van der Waals surface area (Å²) in [5.74, 6) is 1.97. The number of anilines is 1. The lowest BCUT2D eigenvalue weighted by atomic mass is 10.3. The topological polar surface area (TPSA) is 39.1 Å². The minimum Gasteiger partial charge on any atom is -0.494 e. The first kappa shape index (κ1) is 13.5. The minimum absolute atomic E-state index is 0.771. The van der Waals surface area contributed by atoms with Gasteiger partial charge >= 0.3 is 0 Å².